The van der Waals surface area contributed by atoms with Gasteiger partial charge in [-0.05, 0) is 35.8 Å². The van der Waals surface area contributed by atoms with Gasteiger partial charge in [0.2, 0.25) is 15.9 Å². The third kappa shape index (κ3) is 5.25. The van der Waals surface area contributed by atoms with Gasteiger partial charge in [-0.3, -0.25) is 19.2 Å². The monoisotopic (exact) mass is 492 g/mol. The van der Waals surface area contributed by atoms with Crippen molar-refractivity contribution in [3.63, 3.8) is 0 Å². The van der Waals surface area contributed by atoms with Gasteiger partial charge in [-0.1, -0.05) is 18.2 Å². The first kappa shape index (κ1) is 21.4. The lowest BCUT2D eigenvalue weighted by Gasteiger charge is -2.05. The Balaban J connectivity index is 1.45. The molecule has 1 aromatic carbocycles. The predicted molar refractivity (Wildman–Crippen MR) is 125 cm³/mol. The van der Waals surface area contributed by atoms with Gasteiger partial charge in [0.05, 0.1) is 16.8 Å². The fourth-order valence-corrected chi connectivity index (χ4v) is 4.97. The molecule has 0 aliphatic rings. The van der Waals surface area contributed by atoms with Crippen molar-refractivity contribution in [2.45, 2.75) is 6.54 Å². The molecule has 0 unspecified atom stereocenters. The molecule has 0 aliphatic carbocycles. The molecule has 1 amide bonds. The van der Waals surface area contributed by atoms with E-state index in [0.29, 0.717) is 27.1 Å². The largest absolute Gasteiger partial charge is 0.300 e. The summed E-state index contributed by atoms with van der Waals surface area (Å²) in [6.07, 6.45) is 1.09. The topological polar surface area (TPSA) is 122 Å². The molecule has 160 valence electrons. The summed E-state index contributed by atoms with van der Waals surface area (Å²) in [4.78, 5) is 17.9. The Bertz CT molecular complexity index is 1370. The van der Waals surface area contributed by atoms with Gasteiger partial charge in [0, 0.05) is 16.6 Å². The average Bonchev–Trinajstić information content (AvgIpc) is 3.44. The number of hydrogen-bond donors (Lipinski definition) is 3. The van der Waals surface area contributed by atoms with Crippen molar-refractivity contribution in [3.8, 4) is 22.0 Å². The summed E-state index contributed by atoms with van der Waals surface area (Å²) in [5.41, 5.74) is 1.94. The molecular weight excluding hydrogens is 477 g/mol. The summed E-state index contributed by atoms with van der Waals surface area (Å²) < 4.78 is 27.0. The van der Waals surface area contributed by atoms with E-state index in [0.717, 1.165) is 16.7 Å². The minimum absolute atomic E-state index is 0.00331. The number of nitrogens with one attached hydrogen (secondary N) is 3. The molecular formula is C18H16N6O3S4. The second-order valence-electron chi connectivity index (χ2n) is 6.45. The molecule has 4 rings (SSSR count). The van der Waals surface area contributed by atoms with Crippen LogP contribution in [-0.2, 0) is 21.4 Å². The number of benzene rings is 1. The highest BCUT2D eigenvalue weighted by molar-refractivity contribution is 7.92. The molecule has 0 bridgehead atoms. The quantitative estimate of drug-likeness (QED) is 0.337. The number of anilines is 2. The highest BCUT2D eigenvalue weighted by Crippen LogP contribution is 2.27. The van der Waals surface area contributed by atoms with Gasteiger partial charge in [-0.25, -0.2) is 13.4 Å². The summed E-state index contributed by atoms with van der Waals surface area (Å²) in [5, 5.41) is 13.9. The fourth-order valence-electron chi connectivity index (χ4n) is 2.75. The number of amides is 1. The van der Waals surface area contributed by atoms with Crippen molar-refractivity contribution >= 4 is 61.6 Å². The number of carbonyl (C=O) groups is 1. The average molecular weight is 493 g/mol. The lowest BCUT2D eigenvalue weighted by molar-refractivity contribution is -0.116. The SMILES string of the molecule is CS(=O)(=O)Nc1ccc(-c2csc(NC(=O)Cn3c(-c4cccs4)n[nH]c3=S)n2)cc1. The van der Waals surface area contributed by atoms with Crippen LogP contribution in [-0.4, -0.2) is 40.3 Å². The first-order chi connectivity index (χ1) is 14.8. The van der Waals surface area contributed by atoms with Crippen LogP contribution in [0.2, 0.25) is 0 Å². The molecule has 0 saturated heterocycles. The number of aromatic nitrogens is 4. The van der Waals surface area contributed by atoms with E-state index in [-0.39, 0.29) is 12.5 Å². The van der Waals surface area contributed by atoms with Gasteiger partial charge >= 0.3 is 0 Å². The lowest BCUT2D eigenvalue weighted by Crippen LogP contribution is -2.19. The van der Waals surface area contributed by atoms with Crippen LogP contribution in [0.3, 0.4) is 0 Å². The second-order valence-corrected chi connectivity index (χ2v) is 10.4. The smallest absolute Gasteiger partial charge is 0.246 e. The number of H-pyrrole nitrogens is 1. The number of hydrogen-bond acceptors (Lipinski definition) is 8. The summed E-state index contributed by atoms with van der Waals surface area (Å²) in [6, 6.07) is 10.6. The van der Waals surface area contributed by atoms with Gasteiger partial charge in [-0.15, -0.1) is 22.7 Å². The number of rotatable bonds is 7. The summed E-state index contributed by atoms with van der Waals surface area (Å²) in [6.45, 7) is 0.00331. The molecule has 0 spiro atoms. The van der Waals surface area contributed by atoms with E-state index in [1.807, 2.05) is 22.9 Å². The third-order valence-corrected chi connectivity index (χ3v) is 6.58. The highest BCUT2D eigenvalue weighted by atomic mass is 32.2. The number of carbonyl (C=O) groups excluding carboxylic acids is 1. The maximum atomic E-state index is 12.6. The summed E-state index contributed by atoms with van der Waals surface area (Å²) >= 11 is 8.06. The van der Waals surface area contributed by atoms with Crippen LogP contribution in [0.5, 0.6) is 0 Å². The van der Waals surface area contributed by atoms with Crippen LogP contribution in [0.25, 0.3) is 22.0 Å². The van der Waals surface area contributed by atoms with Gasteiger partial charge in [0.25, 0.3) is 0 Å². The van der Waals surface area contributed by atoms with E-state index in [4.69, 9.17) is 12.2 Å². The number of sulfonamides is 1. The number of thiazole rings is 1. The zero-order chi connectivity index (χ0) is 22.0. The summed E-state index contributed by atoms with van der Waals surface area (Å²) in [7, 11) is -3.33. The summed E-state index contributed by atoms with van der Waals surface area (Å²) in [5.74, 6) is 0.335. The highest BCUT2D eigenvalue weighted by Gasteiger charge is 2.14. The first-order valence-corrected chi connectivity index (χ1v) is 12.9. The molecule has 0 atom stereocenters. The van der Waals surface area contributed by atoms with Crippen molar-refractivity contribution in [1.82, 2.24) is 19.7 Å². The van der Waals surface area contributed by atoms with Gasteiger partial charge in [0.15, 0.2) is 15.7 Å². The maximum absolute atomic E-state index is 12.6. The molecule has 3 N–H and O–H groups in total. The second kappa shape index (κ2) is 8.70. The predicted octanol–water partition coefficient (Wildman–Crippen LogP) is 3.80. The standard InChI is InChI=1S/C18H16N6O3S4/c1-31(26,27)23-12-6-4-11(5-7-12)13-10-30-17(19-13)20-15(25)9-24-16(21-22-18(24)28)14-3-2-8-29-14/h2-8,10,23H,9H2,1H3,(H,22,28)(H,19,20,25). The Hall–Kier alpha value is -2.87. The molecule has 0 saturated carbocycles. The Morgan fingerprint density at radius 2 is 2.00 bits per heavy atom. The number of nitrogens with zero attached hydrogens (tertiary/aromatic N) is 3. The van der Waals surface area contributed by atoms with E-state index in [1.165, 1.54) is 22.7 Å². The minimum Gasteiger partial charge on any atom is -0.300 e. The molecule has 13 heteroatoms. The van der Waals surface area contributed by atoms with E-state index in [2.05, 4.69) is 25.2 Å². The zero-order valence-electron chi connectivity index (χ0n) is 16.0. The van der Waals surface area contributed by atoms with Crippen molar-refractivity contribution < 1.29 is 13.2 Å². The van der Waals surface area contributed by atoms with E-state index >= 15 is 0 Å². The van der Waals surface area contributed by atoms with Crippen LogP contribution < -0.4 is 10.0 Å². The fraction of sp³-hybridized carbons (Fsp3) is 0.111. The van der Waals surface area contributed by atoms with Crippen LogP contribution in [0.15, 0.2) is 47.2 Å². The van der Waals surface area contributed by atoms with Crippen molar-refractivity contribution in [2.75, 3.05) is 16.3 Å². The Morgan fingerprint density at radius 1 is 1.23 bits per heavy atom. The van der Waals surface area contributed by atoms with Crippen molar-refractivity contribution in [1.29, 1.82) is 0 Å². The molecule has 0 fully saturated rings. The van der Waals surface area contributed by atoms with E-state index in [9.17, 15) is 13.2 Å². The van der Waals surface area contributed by atoms with Crippen LogP contribution in [0.4, 0.5) is 10.8 Å². The van der Waals surface area contributed by atoms with Crippen LogP contribution in [0, 0.1) is 4.77 Å². The normalized spacial score (nSPS) is 11.4. The van der Waals surface area contributed by atoms with E-state index < -0.39 is 10.0 Å². The molecule has 31 heavy (non-hydrogen) atoms. The van der Waals surface area contributed by atoms with Gasteiger partial charge in [-0.2, -0.15) is 5.10 Å². The Kier molecular flexibility index (Phi) is 6.00. The lowest BCUT2D eigenvalue weighted by atomic mass is 10.1. The van der Waals surface area contributed by atoms with E-state index in [1.54, 1.807) is 28.8 Å². The maximum Gasteiger partial charge on any atom is 0.246 e. The van der Waals surface area contributed by atoms with Crippen LogP contribution >= 0.6 is 34.9 Å². The third-order valence-electron chi connectivity index (χ3n) is 4.04. The Morgan fingerprint density at radius 3 is 2.68 bits per heavy atom. The molecule has 0 aliphatic heterocycles. The van der Waals surface area contributed by atoms with Gasteiger partial charge < -0.3 is 5.32 Å². The number of aromatic amines is 1. The van der Waals surface area contributed by atoms with Gasteiger partial charge in [0.1, 0.15) is 6.54 Å². The van der Waals surface area contributed by atoms with Crippen LogP contribution in [0.1, 0.15) is 0 Å². The molecule has 3 aromatic heterocycles. The first-order valence-electron chi connectivity index (χ1n) is 8.81. The molecule has 9 nitrogen and oxygen atoms in total. The molecule has 3 heterocycles. The Labute approximate surface area is 190 Å². The van der Waals surface area contributed by atoms with Crippen molar-refractivity contribution in [3.05, 3.63) is 51.9 Å². The number of thiophene rings is 1. The molecule has 4 aromatic rings. The van der Waals surface area contributed by atoms with Crippen molar-refractivity contribution in [2.24, 2.45) is 0 Å². The zero-order valence-corrected chi connectivity index (χ0v) is 19.3. The minimum atomic E-state index is -3.33. The molecule has 0 radical (unpaired) electrons.